The molecule has 0 unspecified atom stereocenters. The number of hydrogen-bond donors (Lipinski definition) is 1. The van der Waals surface area contributed by atoms with Crippen molar-refractivity contribution in [1.82, 2.24) is 24.8 Å². The molecule has 1 saturated heterocycles. The third-order valence-corrected chi connectivity index (χ3v) is 4.54. The molecule has 1 aromatic carbocycles. The lowest BCUT2D eigenvalue weighted by molar-refractivity contribution is 0.0746. The molecule has 0 atom stereocenters. The van der Waals surface area contributed by atoms with E-state index in [2.05, 4.69) is 24.8 Å². The smallest absolute Gasteiger partial charge is 0.258 e. The molecule has 1 aliphatic heterocycles. The van der Waals surface area contributed by atoms with Gasteiger partial charge in [-0.2, -0.15) is 0 Å². The fourth-order valence-electron chi connectivity index (χ4n) is 3.14. The zero-order chi connectivity index (χ0) is 18.1. The number of anilines is 1. The second-order valence-corrected chi connectivity index (χ2v) is 6.20. The highest BCUT2D eigenvalue weighted by Crippen LogP contribution is 2.16. The van der Waals surface area contributed by atoms with Crippen LogP contribution in [0.25, 0.3) is 10.9 Å². The van der Waals surface area contributed by atoms with Gasteiger partial charge in [-0.1, -0.05) is 0 Å². The Morgan fingerprint density at radius 2 is 1.92 bits per heavy atom. The van der Waals surface area contributed by atoms with Crippen molar-refractivity contribution in [1.29, 1.82) is 0 Å². The molecule has 0 bridgehead atoms. The number of H-pyrrole nitrogens is 1. The highest BCUT2D eigenvalue weighted by Gasteiger charge is 2.23. The van der Waals surface area contributed by atoms with Crippen LogP contribution < -0.4 is 10.5 Å². The number of hydrogen-bond acceptors (Lipinski definition) is 6. The number of benzene rings is 1. The molecule has 1 N–H and O–H groups in total. The predicted molar refractivity (Wildman–Crippen MR) is 97.2 cm³/mol. The summed E-state index contributed by atoms with van der Waals surface area (Å²) in [4.78, 5) is 43.7. The highest BCUT2D eigenvalue weighted by atomic mass is 16.2. The number of piperazine rings is 1. The van der Waals surface area contributed by atoms with Crippen LogP contribution in [-0.4, -0.2) is 56.9 Å². The van der Waals surface area contributed by atoms with E-state index in [1.54, 1.807) is 24.4 Å². The number of aromatic nitrogens is 4. The first kappa shape index (κ1) is 16.2. The van der Waals surface area contributed by atoms with Crippen molar-refractivity contribution < 1.29 is 4.79 Å². The monoisotopic (exact) mass is 350 g/mol. The molecular formula is C18H18N6O2. The number of aryl methyl sites for hydroxylation is 1. The van der Waals surface area contributed by atoms with Gasteiger partial charge in [-0.25, -0.2) is 15.0 Å². The third kappa shape index (κ3) is 3.01. The van der Waals surface area contributed by atoms with Crippen molar-refractivity contribution in [2.75, 3.05) is 31.1 Å². The molecule has 8 nitrogen and oxygen atoms in total. The molecule has 3 aromatic rings. The number of carbonyl (C=O) groups is 1. The van der Waals surface area contributed by atoms with E-state index in [-0.39, 0.29) is 11.5 Å². The van der Waals surface area contributed by atoms with E-state index in [1.807, 2.05) is 17.9 Å². The summed E-state index contributed by atoms with van der Waals surface area (Å²) in [5.41, 5.74) is 0.861. The van der Waals surface area contributed by atoms with Gasteiger partial charge in [0.2, 0.25) is 0 Å². The van der Waals surface area contributed by atoms with E-state index in [0.717, 1.165) is 11.6 Å². The number of nitrogens with one attached hydrogen (secondary N) is 1. The zero-order valence-electron chi connectivity index (χ0n) is 14.3. The van der Waals surface area contributed by atoms with Crippen LogP contribution in [0.2, 0.25) is 0 Å². The molecule has 1 fully saturated rings. The molecule has 8 heteroatoms. The van der Waals surface area contributed by atoms with Gasteiger partial charge in [0, 0.05) is 37.9 Å². The molecule has 0 spiro atoms. The van der Waals surface area contributed by atoms with Crippen molar-refractivity contribution >= 4 is 22.6 Å². The quantitative estimate of drug-likeness (QED) is 0.740. The van der Waals surface area contributed by atoms with Gasteiger partial charge in [-0.3, -0.25) is 9.59 Å². The SMILES string of the molecule is Cc1nccc(N2CCN(C(=O)c3ccc4c(=O)[nH]cnc4c3)CC2)n1. The topological polar surface area (TPSA) is 95.1 Å². The summed E-state index contributed by atoms with van der Waals surface area (Å²) < 4.78 is 0. The Balaban J connectivity index is 1.49. The summed E-state index contributed by atoms with van der Waals surface area (Å²) in [6, 6.07) is 6.89. The average molecular weight is 350 g/mol. The molecule has 0 radical (unpaired) electrons. The maximum Gasteiger partial charge on any atom is 0.258 e. The van der Waals surface area contributed by atoms with Crippen molar-refractivity contribution in [2.24, 2.45) is 0 Å². The molecule has 0 saturated carbocycles. The van der Waals surface area contributed by atoms with E-state index in [9.17, 15) is 9.59 Å². The molecule has 132 valence electrons. The van der Waals surface area contributed by atoms with Crippen LogP contribution in [0, 0.1) is 6.92 Å². The Morgan fingerprint density at radius 3 is 2.69 bits per heavy atom. The summed E-state index contributed by atoms with van der Waals surface area (Å²) in [6.45, 7) is 4.52. The maximum absolute atomic E-state index is 12.8. The van der Waals surface area contributed by atoms with E-state index in [4.69, 9.17) is 0 Å². The van der Waals surface area contributed by atoms with Crippen LogP contribution in [-0.2, 0) is 0 Å². The van der Waals surface area contributed by atoms with E-state index >= 15 is 0 Å². The number of fused-ring (bicyclic) bond motifs is 1. The predicted octanol–water partition coefficient (Wildman–Crippen LogP) is 0.984. The fourth-order valence-corrected chi connectivity index (χ4v) is 3.14. The van der Waals surface area contributed by atoms with E-state index in [1.165, 1.54) is 6.33 Å². The second kappa shape index (κ2) is 6.55. The first-order valence-corrected chi connectivity index (χ1v) is 8.43. The maximum atomic E-state index is 12.8. The molecule has 2 aromatic heterocycles. The summed E-state index contributed by atoms with van der Waals surface area (Å²) in [5, 5.41) is 0.480. The third-order valence-electron chi connectivity index (χ3n) is 4.54. The number of amides is 1. The Bertz CT molecular complexity index is 1020. The Labute approximate surface area is 149 Å². The highest BCUT2D eigenvalue weighted by molar-refractivity contribution is 5.97. The summed E-state index contributed by atoms with van der Waals surface area (Å²) >= 11 is 0. The molecule has 0 aliphatic carbocycles. The summed E-state index contributed by atoms with van der Waals surface area (Å²) in [6.07, 6.45) is 3.10. The van der Waals surface area contributed by atoms with Gasteiger partial charge in [0.1, 0.15) is 11.6 Å². The fraction of sp³-hybridized carbons (Fsp3) is 0.278. The first-order chi connectivity index (χ1) is 12.6. The average Bonchev–Trinajstić information content (AvgIpc) is 2.67. The van der Waals surface area contributed by atoms with Crippen molar-refractivity contribution in [2.45, 2.75) is 6.92 Å². The van der Waals surface area contributed by atoms with Gasteiger partial charge < -0.3 is 14.8 Å². The van der Waals surface area contributed by atoms with Gasteiger partial charge in [0.15, 0.2) is 0 Å². The lowest BCUT2D eigenvalue weighted by Gasteiger charge is -2.35. The molecule has 26 heavy (non-hydrogen) atoms. The molecule has 1 amide bonds. The molecule has 4 rings (SSSR count). The molecule has 3 heterocycles. The van der Waals surface area contributed by atoms with Crippen LogP contribution in [0.5, 0.6) is 0 Å². The lowest BCUT2D eigenvalue weighted by atomic mass is 10.1. The van der Waals surface area contributed by atoms with Gasteiger partial charge in [0.25, 0.3) is 11.5 Å². The minimum Gasteiger partial charge on any atom is -0.353 e. The van der Waals surface area contributed by atoms with Crippen LogP contribution in [0.4, 0.5) is 5.82 Å². The van der Waals surface area contributed by atoms with Crippen LogP contribution in [0.1, 0.15) is 16.2 Å². The number of nitrogens with zero attached hydrogens (tertiary/aromatic N) is 5. The Kier molecular flexibility index (Phi) is 4.08. The van der Waals surface area contributed by atoms with Crippen molar-refractivity contribution in [3.8, 4) is 0 Å². The van der Waals surface area contributed by atoms with Gasteiger partial charge in [-0.05, 0) is 31.2 Å². The molecule has 1 aliphatic rings. The van der Waals surface area contributed by atoms with Crippen LogP contribution >= 0.6 is 0 Å². The molecular weight excluding hydrogens is 332 g/mol. The minimum atomic E-state index is -0.206. The van der Waals surface area contributed by atoms with E-state index < -0.39 is 0 Å². The number of aromatic amines is 1. The number of carbonyl (C=O) groups excluding carboxylic acids is 1. The normalized spacial score (nSPS) is 14.7. The minimum absolute atomic E-state index is 0.0486. The lowest BCUT2D eigenvalue weighted by Crippen LogP contribution is -2.49. The van der Waals surface area contributed by atoms with Crippen molar-refractivity contribution in [3.05, 3.63) is 58.5 Å². The van der Waals surface area contributed by atoms with Crippen LogP contribution in [0.3, 0.4) is 0 Å². The standard InChI is InChI=1S/C18H18N6O2/c1-12-19-5-4-16(22-12)23-6-8-24(9-7-23)18(26)13-2-3-14-15(10-13)20-11-21-17(14)25/h2-5,10-11H,6-9H2,1H3,(H,20,21,25). The first-order valence-electron chi connectivity index (χ1n) is 8.43. The number of rotatable bonds is 2. The van der Waals surface area contributed by atoms with Crippen molar-refractivity contribution in [3.63, 3.8) is 0 Å². The van der Waals surface area contributed by atoms with Gasteiger partial charge >= 0.3 is 0 Å². The second-order valence-electron chi connectivity index (χ2n) is 6.20. The summed E-state index contributed by atoms with van der Waals surface area (Å²) in [7, 11) is 0. The van der Waals surface area contributed by atoms with Crippen LogP contribution in [0.15, 0.2) is 41.6 Å². The Morgan fingerprint density at radius 1 is 1.12 bits per heavy atom. The zero-order valence-corrected chi connectivity index (χ0v) is 14.3. The van der Waals surface area contributed by atoms with E-state index in [0.29, 0.717) is 42.6 Å². The summed E-state index contributed by atoms with van der Waals surface area (Å²) in [5.74, 6) is 1.57. The largest absolute Gasteiger partial charge is 0.353 e. The van der Waals surface area contributed by atoms with Gasteiger partial charge in [-0.15, -0.1) is 0 Å². The Hall–Kier alpha value is -3.29. The van der Waals surface area contributed by atoms with Gasteiger partial charge in [0.05, 0.1) is 17.2 Å².